The number of nitrogens with zero attached hydrogens (tertiary/aromatic N) is 2. The molecule has 0 saturated carbocycles. The van der Waals surface area contributed by atoms with Crippen molar-refractivity contribution in [3.8, 4) is 29.0 Å². The highest BCUT2D eigenvalue weighted by molar-refractivity contribution is 5.97. The summed E-state index contributed by atoms with van der Waals surface area (Å²) in [6.45, 7) is 13.6. The summed E-state index contributed by atoms with van der Waals surface area (Å²) in [4.78, 5) is 5.18. The van der Waals surface area contributed by atoms with Gasteiger partial charge in [-0.3, -0.25) is 4.98 Å². The van der Waals surface area contributed by atoms with Crippen LogP contribution in [0.3, 0.4) is 0 Å². The average molecular weight is 437 g/mol. The molecule has 170 valence electrons. The first-order valence-corrected chi connectivity index (χ1v) is 12.1. The van der Waals surface area contributed by atoms with Gasteiger partial charge in [-0.15, -0.1) is 0 Å². The number of aryl methyl sites for hydroxylation is 1. The van der Waals surface area contributed by atoms with Gasteiger partial charge in [0.2, 0.25) is 0 Å². The fourth-order valence-electron chi connectivity index (χ4n) is 4.18. The first kappa shape index (κ1) is 24.5. The molecule has 0 fully saturated rings. The molecule has 2 heteroatoms. The molecule has 0 aliphatic heterocycles. The van der Waals surface area contributed by atoms with Gasteiger partial charge >= 0.3 is 0 Å². The quantitative estimate of drug-likeness (QED) is 0.289. The minimum Gasteiger partial charge on any atom is -0.252 e. The Labute approximate surface area is 200 Å². The topological polar surface area (TPSA) is 36.7 Å². The average Bonchev–Trinajstić information content (AvgIpc) is 2.74. The maximum absolute atomic E-state index is 8.74. The van der Waals surface area contributed by atoms with E-state index in [1.807, 2.05) is 0 Å². The summed E-state index contributed by atoms with van der Waals surface area (Å²) in [5.74, 6) is 7.09. The highest BCUT2D eigenvalue weighted by Crippen LogP contribution is 2.38. The van der Waals surface area contributed by atoms with Crippen LogP contribution in [-0.4, -0.2) is 4.98 Å². The molecular formula is C31H36N2. The molecule has 0 saturated heterocycles. The Kier molecular flexibility index (Phi) is 7.94. The summed E-state index contributed by atoms with van der Waals surface area (Å²) in [7, 11) is 0. The van der Waals surface area contributed by atoms with Gasteiger partial charge in [-0.05, 0) is 72.4 Å². The zero-order valence-corrected chi connectivity index (χ0v) is 21.0. The van der Waals surface area contributed by atoms with Gasteiger partial charge in [0.15, 0.2) is 0 Å². The van der Waals surface area contributed by atoms with Crippen molar-refractivity contribution in [1.82, 2.24) is 4.98 Å². The van der Waals surface area contributed by atoms with Gasteiger partial charge in [-0.1, -0.05) is 76.3 Å². The fourth-order valence-corrected chi connectivity index (χ4v) is 4.18. The molecule has 0 N–H and O–H groups in total. The van der Waals surface area contributed by atoms with E-state index in [2.05, 4.69) is 102 Å². The summed E-state index contributed by atoms with van der Waals surface area (Å²) in [6, 6.07) is 17.5. The molecule has 0 aliphatic carbocycles. The predicted octanol–water partition coefficient (Wildman–Crippen LogP) is 8.04. The van der Waals surface area contributed by atoms with E-state index in [0.29, 0.717) is 12.3 Å². The van der Waals surface area contributed by atoms with Crippen molar-refractivity contribution in [2.75, 3.05) is 0 Å². The van der Waals surface area contributed by atoms with Crippen LogP contribution >= 0.6 is 0 Å². The van der Waals surface area contributed by atoms with Crippen LogP contribution in [0.4, 0.5) is 0 Å². The van der Waals surface area contributed by atoms with Gasteiger partial charge in [0.05, 0.1) is 11.6 Å². The van der Waals surface area contributed by atoms with E-state index >= 15 is 0 Å². The van der Waals surface area contributed by atoms with Crippen molar-refractivity contribution < 1.29 is 0 Å². The third-order valence-electron chi connectivity index (χ3n) is 5.64. The van der Waals surface area contributed by atoms with Crippen LogP contribution in [0.15, 0.2) is 42.5 Å². The van der Waals surface area contributed by atoms with Gasteiger partial charge in [-0.25, -0.2) is 0 Å². The number of nitriles is 1. The maximum atomic E-state index is 8.74. The first-order chi connectivity index (χ1) is 15.7. The van der Waals surface area contributed by atoms with Gasteiger partial charge in [0, 0.05) is 29.5 Å². The van der Waals surface area contributed by atoms with E-state index < -0.39 is 0 Å². The zero-order chi connectivity index (χ0) is 24.0. The van der Waals surface area contributed by atoms with Crippen LogP contribution in [0.1, 0.15) is 76.3 Å². The molecule has 0 atom stereocenters. The number of hydrogen-bond donors (Lipinski definition) is 0. The Morgan fingerprint density at radius 3 is 2.36 bits per heavy atom. The number of unbranched alkanes of at least 4 members (excludes halogenated alkanes) is 2. The Morgan fingerprint density at radius 1 is 1.00 bits per heavy atom. The molecule has 3 rings (SSSR count). The third-order valence-corrected chi connectivity index (χ3v) is 5.64. The van der Waals surface area contributed by atoms with Crippen molar-refractivity contribution in [2.45, 2.75) is 73.6 Å². The fraction of sp³-hybridized carbons (Fsp3) is 0.419. The molecule has 0 radical (unpaired) electrons. The molecule has 0 bridgehead atoms. The summed E-state index contributed by atoms with van der Waals surface area (Å²) in [5, 5.41) is 9.91. The number of aromatic nitrogens is 1. The highest BCUT2D eigenvalue weighted by Gasteiger charge is 2.22. The van der Waals surface area contributed by atoms with Crippen LogP contribution in [-0.2, 0) is 12.8 Å². The smallest absolute Gasteiger partial charge is 0.0712 e. The van der Waals surface area contributed by atoms with E-state index in [0.717, 1.165) is 36.8 Å². The standard InChI is InChI=1S/C31H36N2/c1-22(2)19-29-27(21-31(4,5)6)30(25-15-12-23(3)13-16-25)26-20-24(14-17-28(26)33-29)11-9-7-8-10-18-32/h12-17,20,22H,7-8,10,19,21H2,1-6H3. The van der Waals surface area contributed by atoms with Crippen LogP contribution in [0.2, 0.25) is 0 Å². The molecule has 0 unspecified atom stereocenters. The van der Waals surface area contributed by atoms with E-state index in [4.69, 9.17) is 10.2 Å². The Balaban J connectivity index is 2.26. The van der Waals surface area contributed by atoms with Gasteiger partial charge < -0.3 is 0 Å². The summed E-state index contributed by atoms with van der Waals surface area (Å²) in [6.07, 6.45) is 4.08. The van der Waals surface area contributed by atoms with Crippen LogP contribution < -0.4 is 0 Å². The lowest BCUT2D eigenvalue weighted by atomic mass is 9.81. The number of pyridine rings is 1. The lowest BCUT2D eigenvalue weighted by Crippen LogP contribution is -2.15. The second kappa shape index (κ2) is 10.7. The van der Waals surface area contributed by atoms with Crippen molar-refractivity contribution in [3.05, 3.63) is 64.8 Å². The maximum Gasteiger partial charge on any atom is 0.0712 e. The predicted molar refractivity (Wildman–Crippen MR) is 140 cm³/mol. The monoisotopic (exact) mass is 436 g/mol. The molecule has 2 nitrogen and oxygen atoms in total. The van der Waals surface area contributed by atoms with E-state index in [-0.39, 0.29) is 5.41 Å². The molecule has 0 spiro atoms. The van der Waals surface area contributed by atoms with Gasteiger partial charge in [-0.2, -0.15) is 5.26 Å². The van der Waals surface area contributed by atoms with Crippen LogP contribution in [0, 0.1) is 41.4 Å². The zero-order valence-electron chi connectivity index (χ0n) is 21.0. The minimum absolute atomic E-state index is 0.151. The van der Waals surface area contributed by atoms with Crippen molar-refractivity contribution >= 4 is 10.9 Å². The van der Waals surface area contributed by atoms with Crippen molar-refractivity contribution in [1.29, 1.82) is 5.26 Å². The Bertz CT molecular complexity index is 1210. The van der Waals surface area contributed by atoms with Gasteiger partial charge in [0.1, 0.15) is 0 Å². The van der Waals surface area contributed by atoms with E-state index in [1.54, 1.807) is 0 Å². The SMILES string of the molecule is Cc1ccc(-c2c(CC(C)(C)C)c(CC(C)C)nc3ccc(C#CCCCC#N)cc23)cc1. The van der Waals surface area contributed by atoms with E-state index in [1.165, 1.54) is 33.3 Å². The number of benzene rings is 2. The molecular weight excluding hydrogens is 400 g/mol. The third kappa shape index (κ3) is 6.69. The normalized spacial score (nSPS) is 11.3. The molecule has 0 aliphatic rings. The second-order valence-electron chi connectivity index (χ2n) is 10.7. The van der Waals surface area contributed by atoms with Crippen molar-refractivity contribution in [2.24, 2.45) is 11.3 Å². The lowest BCUT2D eigenvalue weighted by molar-refractivity contribution is 0.408. The number of hydrogen-bond acceptors (Lipinski definition) is 2. The molecule has 1 heterocycles. The molecule has 2 aromatic carbocycles. The summed E-state index contributed by atoms with van der Waals surface area (Å²) >= 11 is 0. The minimum atomic E-state index is 0.151. The van der Waals surface area contributed by atoms with E-state index in [9.17, 15) is 0 Å². The second-order valence-corrected chi connectivity index (χ2v) is 10.7. The highest BCUT2D eigenvalue weighted by atomic mass is 14.7. The largest absolute Gasteiger partial charge is 0.252 e. The van der Waals surface area contributed by atoms with Crippen molar-refractivity contribution in [3.63, 3.8) is 0 Å². The summed E-state index contributed by atoms with van der Waals surface area (Å²) in [5.41, 5.74) is 8.60. The Morgan fingerprint density at radius 2 is 1.73 bits per heavy atom. The lowest BCUT2D eigenvalue weighted by Gasteiger charge is -2.25. The van der Waals surface area contributed by atoms with Gasteiger partial charge in [0.25, 0.3) is 0 Å². The van der Waals surface area contributed by atoms with Crippen LogP contribution in [0.5, 0.6) is 0 Å². The molecule has 1 aromatic heterocycles. The van der Waals surface area contributed by atoms with Crippen LogP contribution in [0.25, 0.3) is 22.0 Å². The first-order valence-electron chi connectivity index (χ1n) is 12.1. The summed E-state index contributed by atoms with van der Waals surface area (Å²) < 4.78 is 0. The molecule has 0 amide bonds. The molecule has 33 heavy (non-hydrogen) atoms. The number of rotatable bonds is 6. The Hall–Kier alpha value is -3.10. The number of fused-ring (bicyclic) bond motifs is 1. The molecule has 3 aromatic rings.